The van der Waals surface area contributed by atoms with E-state index in [1.165, 1.54) is 27.8 Å². The number of hydrogen-bond donors (Lipinski definition) is 2. The Bertz CT molecular complexity index is 433. The van der Waals surface area contributed by atoms with Crippen LogP contribution in [0.4, 0.5) is 0 Å². The molecule has 1 aliphatic rings. The maximum absolute atomic E-state index is 9.64. The molecule has 1 saturated carbocycles. The average Bonchev–Trinajstić information content (AvgIpc) is 2.37. The van der Waals surface area contributed by atoms with Gasteiger partial charge in [0.2, 0.25) is 0 Å². The van der Waals surface area contributed by atoms with E-state index in [4.69, 9.17) is 5.73 Å². The lowest BCUT2D eigenvalue weighted by Gasteiger charge is -2.32. The SMILES string of the molecule is Cc1cc(C)c(C)c(C(N)C2CCC(O)CC2)c1C. The van der Waals surface area contributed by atoms with Crippen molar-refractivity contribution in [3.8, 4) is 0 Å². The van der Waals surface area contributed by atoms with Gasteiger partial charge >= 0.3 is 0 Å². The minimum Gasteiger partial charge on any atom is -0.393 e. The second kappa shape index (κ2) is 5.64. The largest absolute Gasteiger partial charge is 0.393 e. The predicted molar refractivity (Wildman–Crippen MR) is 80.3 cm³/mol. The van der Waals surface area contributed by atoms with E-state index in [0.29, 0.717) is 5.92 Å². The van der Waals surface area contributed by atoms with Crippen molar-refractivity contribution < 1.29 is 5.11 Å². The van der Waals surface area contributed by atoms with E-state index in [1.807, 2.05) is 0 Å². The summed E-state index contributed by atoms with van der Waals surface area (Å²) in [6.07, 6.45) is 3.80. The summed E-state index contributed by atoms with van der Waals surface area (Å²) in [5.41, 5.74) is 13.3. The van der Waals surface area contributed by atoms with Gasteiger partial charge in [-0.05, 0) is 87.1 Å². The molecule has 0 radical (unpaired) electrons. The van der Waals surface area contributed by atoms with Gasteiger partial charge in [0.15, 0.2) is 0 Å². The molecular weight excluding hydrogens is 234 g/mol. The molecular formula is C17H27NO. The van der Waals surface area contributed by atoms with Crippen molar-refractivity contribution in [2.24, 2.45) is 11.7 Å². The normalized spacial score (nSPS) is 25.4. The minimum absolute atomic E-state index is 0.107. The van der Waals surface area contributed by atoms with E-state index in [2.05, 4.69) is 33.8 Å². The summed E-state index contributed by atoms with van der Waals surface area (Å²) < 4.78 is 0. The van der Waals surface area contributed by atoms with Gasteiger partial charge in [-0.25, -0.2) is 0 Å². The molecule has 106 valence electrons. The Morgan fingerprint density at radius 2 is 1.47 bits per heavy atom. The molecule has 0 spiro atoms. The Balaban J connectivity index is 2.31. The average molecular weight is 261 g/mol. The van der Waals surface area contributed by atoms with Gasteiger partial charge in [-0.1, -0.05) is 6.07 Å². The molecule has 2 nitrogen and oxygen atoms in total. The first-order valence-corrected chi connectivity index (χ1v) is 7.42. The quantitative estimate of drug-likeness (QED) is 0.856. The minimum atomic E-state index is -0.107. The topological polar surface area (TPSA) is 46.2 Å². The van der Waals surface area contributed by atoms with E-state index in [-0.39, 0.29) is 12.1 Å². The van der Waals surface area contributed by atoms with Gasteiger partial charge in [0.25, 0.3) is 0 Å². The zero-order valence-corrected chi connectivity index (χ0v) is 12.7. The number of aliphatic hydroxyl groups is 1. The fourth-order valence-electron chi connectivity index (χ4n) is 3.44. The van der Waals surface area contributed by atoms with Gasteiger partial charge in [0.1, 0.15) is 0 Å². The summed E-state index contributed by atoms with van der Waals surface area (Å²) in [4.78, 5) is 0. The standard InChI is InChI=1S/C17H27NO/c1-10-9-11(2)13(4)16(12(10)3)17(18)14-5-7-15(19)8-6-14/h9,14-15,17,19H,5-8,18H2,1-4H3. The Hall–Kier alpha value is -0.860. The van der Waals surface area contributed by atoms with Crippen LogP contribution >= 0.6 is 0 Å². The molecule has 2 heteroatoms. The highest BCUT2D eigenvalue weighted by molar-refractivity contribution is 5.45. The number of rotatable bonds is 2. The highest BCUT2D eigenvalue weighted by Gasteiger charge is 2.27. The lowest BCUT2D eigenvalue weighted by molar-refractivity contribution is 0.102. The second-order valence-electron chi connectivity index (χ2n) is 6.27. The first kappa shape index (κ1) is 14.5. The first-order chi connectivity index (χ1) is 8.91. The highest BCUT2D eigenvalue weighted by atomic mass is 16.3. The highest BCUT2D eigenvalue weighted by Crippen LogP contribution is 2.37. The Labute approximate surface area is 117 Å². The molecule has 0 amide bonds. The summed E-state index contributed by atoms with van der Waals surface area (Å²) >= 11 is 0. The molecule has 3 N–H and O–H groups in total. The molecule has 2 rings (SSSR count). The number of benzene rings is 1. The predicted octanol–water partition coefficient (Wildman–Crippen LogP) is 3.47. The fraction of sp³-hybridized carbons (Fsp3) is 0.647. The van der Waals surface area contributed by atoms with Crippen LogP contribution < -0.4 is 5.73 Å². The third-order valence-corrected chi connectivity index (χ3v) is 5.01. The van der Waals surface area contributed by atoms with Gasteiger partial charge in [-0.15, -0.1) is 0 Å². The van der Waals surface area contributed by atoms with Crippen molar-refractivity contribution in [2.75, 3.05) is 0 Å². The molecule has 0 bridgehead atoms. The smallest absolute Gasteiger partial charge is 0.0540 e. The maximum Gasteiger partial charge on any atom is 0.0540 e. The Morgan fingerprint density at radius 1 is 1.00 bits per heavy atom. The van der Waals surface area contributed by atoms with Gasteiger partial charge in [-0.3, -0.25) is 0 Å². The van der Waals surface area contributed by atoms with Crippen LogP contribution in [0.5, 0.6) is 0 Å². The van der Waals surface area contributed by atoms with Gasteiger partial charge in [-0.2, -0.15) is 0 Å². The molecule has 1 fully saturated rings. The molecule has 0 heterocycles. The van der Waals surface area contributed by atoms with Gasteiger partial charge < -0.3 is 10.8 Å². The van der Waals surface area contributed by atoms with Crippen molar-refractivity contribution in [1.29, 1.82) is 0 Å². The number of aliphatic hydroxyl groups excluding tert-OH is 1. The van der Waals surface area contributed by atoms with Crippen LogP contribution in [-0.2, 0) is 0 Å². The molecule has 1 aromatic carbocycles. The third-order valence-electron chi connectivity index (χ3n) is 5.01. The van der Waals surface area contributed by atoms with Crippen LogP contribution in [0.2, 0.25) is 0 Å². The zero-order valence-electron chi connectivity index (χ0n) is 12.7. The molecule has 1 unspecified atom stereocenters. The number of hydrogen-bond acceptors (Lipinski definition) is 2. The molecule has 0 saturated heterocycles. The van der Waals surface area contributed by atoms with Gasteiger partial charge in [0, 0.05) is 6.04 Å². The van der Waals surface area contributed by atoms with Gasteiger partial charge in [0.05, 0.1) is 6.10 Å². The zero-order chi connectivity index (χ0) is 14.2. The van der Waals surface area contributed by atoms with Crippen LogP contribution in [0.15, 0.2) is 6.07 Å². The molecule has 1 aromatic rings. The van der Waals surface area contributed by atoms with Crippen LogP contribution in [0.1, 0.15) is 59.5 Å². The maximum atomic E-state index is 9.64. The molecule has 0 aromatic heterocycles. The van der Waals surface area contributed by atoms with E-state index in [0.717, 1.165) is 25.7 Å². The third kappa shape index (κ3) is 2.85. The molecule has 19 heavy (non-hydrogen) atoms. The molecule has 1 atom stereocenters. The van der Waals surface area contributed by atoms with Crippen molar-refractivity contribution in [3.63, 3.8) is 0 Å². The van der Waals surface area contributed by atoms with Crippen molar-refractivity contribution in [3.05, 3.63) is 33.9 Å². The Kier molecular flexibility index (Phi) is 4.32. The van der Waals surface area contributed by atoms with E-state index in [1.54, 1.807) is 0 Å². The number of nitrogens with two attached hydrogens (primary N) is 1. The van der Waals surface area contributed by atoms with Crippen molar-refractivity contribution >= 4 is 0 Å². The van der Waals surface area contributed by atoms with Crippen LogP contribution in [0.3, 0.4) is 0 Å². The molecule has 0 aliphatic heterocycles. The van der Waals surface area contributed by atoms with Crippen LogP contribution in [0.25, 0.3) is 0 Å². The van der Waals surface area contributed by atoms with E-state index >= 15 is 0 Å². The first-order valence-electron chi connectivity index (χ1n) is 7.42. The summed E-state index contributed by atoms with van der Waals surface area (Å²) in [5, 5.41) is 9.64. The Morgan fingerprint density at radius 3 is 1.95 bits per heavy atom. The van der Waals surface area contributed by atoms with Crippen LogP contribution in [-0.4, -0.2) is 11.2 Å². The van der Waals surface area contributed by atoms with Crippen molar-refractivity contribution in [2.45, 2.75) is 65.5 Å². The summed E-state index contributed by atoms with van der Waals surface area (Å²) in [6.45, 7) is 8.72. The lowest BCUT2D eigenvalue weighted by atomic mass is 9.77. The summed E-state index contributed by atoms with van der Waals surface area (Å²) in [7, 11) is 0. The lowest BCUT2D eigenvalue weighted by Crippen LogP contribution is -2.29. The van der Waals surface area contributed by atoms with Crippen LogP contribution in [0, 0.1) is 33.6 Å². The molecule has 1 aliphatic carbocycles. The fourth-order valence-corrected chi connectivity index (χ4v) is 3.44. The monoisotopic (exact) mass is 261 g/mol. The van der Waals surface area contributed by atoms with E-state index in [9.17, 15) is 5.11 Å². The summed E-state index contributed by atoms with van der Waals surface area (Å²) in [5.74, 6) is 0.516. The number of aryl methyl sites for hydroxylation is 2. The second-order valence-corrected chi connectivity index (χ2v) is 6.27. The van der Waals surface area contributed by atoms with Crippen molar-refractivity contribution in [1.82, 2.24) is 0 Å². The summed E-state index contributed by atoms with van der Waals surface area (Å²) in [6, 6.07) is 2.37. The van der Waals surface area contributed by atoms with E-state index < -0.39 is 0 Å².